The van der Waals surface area contributed by atoms with Crippen molar-refractivity contribution in [3.05, 3.63) is 47.1 Å². The maximum Gasteiger partial charge on any atom is 0.325 e. The summed E-state index contributed by atoms with van der Waals surface area (Å²) in [6.45, 7) is -0.235. The molecule has 0 bridgehead atoms. The number of carboxylic acid groups (broad SMARTS) is 1. The number of anilines is 1. The molecule has 2 atom stereocenters. The minimum absolute atomic E-state index is 0.120. The van der Waals surface area contributed by atoms with E-state index in [1.54, 1.807) is 6.07 Å². The summed E-state index contributed by atoms with van der Waals surface area (Å²) in [4.78, 5) is 22.8. The second-order valence-electron chi connectivity index (χ2n) is 5.25. The van der Waals surface area contributed by atoms with Crippen molar-refractivity contribution < 1.29 is 14.7 Å². The SMILES string of the molecule is O=C(O)Cn1ccc(NC(=O)[C@@H]2C[C@H]2c2ccccc2Cl)n1. The van der Waals surface area contributed by atoms with Crippen molar-refractivity contribution >= 4 is 29.3 Å². The molecule has 1 aliphatic rings. The molecule has 22 heavy (non-hydrogen) atoms. The van der Waals surface area contributed by atoms with E-state index in [-0.39, 0.29) is 24.3 Å². The lowest BCUT2D eigenvalue weighted by molar-refractivity contribution is -0.137. The van der Waals surface area contributed by atoms with Crippen LogP contribution >= 0.6 is 11.6 Å². The van der Waals surface area contributed by atoms with E-state index in [0.29, 0.717) is 10.8 Å². The molecular weight excluding hydrogens is 306 g/mol. The Balaban J connectivity index is 1.61. The lowest BCUT2D eigenvalue weighted by Gasteiger charge is -2.04. The molecule has 2 aromatic rings. The maximum atomic E-state index is 12.2. The molecule has 1 aromatic heterocycles. The Bertz CT molecular complexity index is 728. The lowest BCUT2D eigenvalue weighted by atomic mass is 10.1. The van der Waals surface area contributed by atoms with Gasteiger partial charge >= 0.3 is 5.97 Å². The minimum Gasteiger partial charge on any atom is -0.480 e. The van der Waals surface area contributed by atoms with Gasteiger partial charge in [-0.25, -0.2) is 0 Å². The summed E-state index contributed by atoms with van der Waals surface area (Å²) in [5, 5.41) is 16.1. The van der Waals surface area contributed by atoms with E-state index >= 15 is 0 Å². The number of aromatic nitrogens is 2. The molecule has 1 heterocycles. The maximum absolute atomic E-state index is 12.2. The molecule has 7 heteroatoms. The number of hydrogen-bond acceptors (Lipinski definition) is 3. The Morgan fingerprint density at radius 3 is 2.86 bits per heavy atom. The van der Waals surface area contributed by atoms with Gasteiger partial charge in [0.25, 0.3) is 0 Å². The van der Waals surface area contributed by atoms with Crippen LogP contribution in [0, 0.1) is 5.92 Å². The van der Waals surface area contributed by atoms with Gasteiger partial charge < -0.3 is 10.4 Å². The predicted molar refractivity (Wildman–Crippen MR) is 80.8 cm³/mol. The van der Waals surface area contributed by atoms with Crippen LogP contribution in [0.2, 0.25) is 5.02 Å². The second kappa shape index (κ2) is 5.81. The van der Waals surface area contributed by atoms with E-state index in [0.717, 1.165) is 12.0 Å². The van der Waals surface area contributed by atoms with Crippen molar-refractivity contribution in [1.29, 1.82) is 0 Å². The number of amides is 1. The number of carbonyl (C=O) groups excluding carboxylic acids is 1. The topological polar surface area (TPSA) is 84.2 Å². The Morgan fingerprint density at radius 2 is 2.14 bits per heavy atom. The number of rotatable bonds is 5. The van der Waals surface area contributed by atoms with Gasteiger partial charge in [0.05, 0.1) is 0 Å². The third kappa shape index (κ3) is 3.12. The molecule has 0 spiro atoms. The van der Waals surface area contributed by atoms with Gasteiger partial charge in [-0.3, -0.25) is 14.3 Å². The van der Waals surface area contributed by atoms with Crippen LogP contribution in [0.5, 0.6) is 0 Å². The number of nitrogens with one attached hydrogen (secondary N) is 1. The smallest absolute Gasteiger partial charge is 0.325 e. The molecule has 6 nitrogen and oxygen atoms in total. The van der Waals surface area contributed by atoms with E-state index in [1.165, 1.54) is 10.9 Å². The number of carboxylic acids is 1. The molecule has 0 radical (unpaired) electrons. The molecule has 2 N–H and O–H groups in total. The van der Waals surface area contributed by atoms with Gasteiger partial charge in [0.2, 0.25) is 5.91 Å². The molecular formula is C15H14ClN3O3. The Morgan fingerprint density at radius 1 is 1.36 bits per heavy atom. The standard InChI is InChI=1S/C15H14ClN3O3/c16-12-4-2-1-3-9(12)10-7-11(10)15(22)17-13-5-6-19(18-13)8-14(20)21/h1-6,10-11H,7-8H2,(H,20,21)(H,17,18,22)/t10-,11+/m0/s1. The minimum atomic E-state index is -0.984. The van der Waals surface area contributed by atoms with Crippen molar-refractivity contribution in [2.45, 2.75) is 18.9 Å². The van der Waals surface area contributed by atoms with Gasteiger partial charge in [-0.05, 0) is 24.0 Å². The normalized spacial score (nSPS) is 19.7. The molecule has 1 amide bonds. The van der Waals surface area contributed by atoms with Crippen LogP contribution in [-0.4, -0.2) is 26.8 Å². The average molecular weight is 320 g/mol. The number of nitrogens with zero attached hydrogens (tertiary/aromatic N) is 2. The molecule has 0 unspecified atom stereocenters. The van der Waals surface area contributed by atoms with E-state index < -0.39 is 5.97 Å². The zero-order valence-electron chi connectivity index (χ0n) is 11.6. The van der Waals surface area contributed by atoms with E-state index in [4.69, 9.17) is 16.7 Å². The van der Waals surface area contributed by atoms with Crippen LogP contribution in [0.4, 0.5) is 5.82 Å². The first-order valence-corrected chi connectivity index (χ1v) is 7.23. The number of benzene rings is 1. The zero-order chi connectivity index (χ0) is 15.7. The van der Waals surface area contributed by atoms with Crippen molar-refractivity contribution in [2.75, 3.05) is 5.32 Å². The van der Waals surface area contributed by atoms with E-state index in [1.807, 2.05) is 24.3 Å². The van der Waals surface area contributed by atoms with Crippen LogP contribution in [-0.2, 0) is 16.1 Å². The molecule has 1 aromatic carbocycles. The summed E-state index contributed by atoms with van der Waals surface area (Å²) in [5.74, 6) is -0.733. The fourth-order valence-corrected chi connectivity index (χ4v) is 2.75. The van der Waals surface area contributed by atoms with E-state index in [2.05, 4.69) is 10.4 Å². The van der Waals surface area contributed by atoms with Gasteiger partial charge in [0.1, 0.15) is 6.54 Å². The van der Waals surface area contributed by atoms with Crippen LogP contribution in [0.25, 0.3) is 0 Å². The molecule has 114 valence electrons. The summed E-state index contributed by atoms with van der Waals surface area (Å²) < 4.78 is 1.26. The van der Waals surface area contributed by atoms with Crippen LogP contribution in [0.1, 0.15) is 17.9 Å². The Kier molecular flexibility index (Phi) is 3.85. The predicted octanol–water partition coefficient (Wildman–Crippen LogP) is 2.36. The van der Waals surface area contributed by atoms with Crippen molar-refractivity contribution in [1.82, 2.24) is 9.78 Å². The van der Waals surface area contributed by atoms with Crippen molar-refractivity contribution in [3.8, 4) is 0 Å². The lowest BCUT2D eigenvalue weighted by Crippen LogP contribution is -2.16. The highest BCUT2D eigenvalue weighted by molar-refractivity contribution is 6.31. The third-order valence-electron chi connectivity index (χ3n) is 3.62. The van der Waals surface area contributed by atoms with Gasteiger partial charge in [-0.1, -0.05) is 29.8 Å². The van der Waals surface area contributed by atoms with Gasteiger partial charge in [0, 0.05) is 23.2 Å². The number of hydrogen-bond donors (Lipinski definition) is 2. The first-order chi connectivity index (χ1) is 10.5. The zero-order valence-corrected chi connectivity index (χ0v) is 12.3. The fourth-order valence-electron chi connectivity index (χ4n) is 2.48. The highest BCUT2D eigenvalue weighted by atomic mass is 35.5. The highest BCUT2D eigenvalue weighted by Gasteiger charge is 2.44. The number of halogens is 1. The van der Waals surface area contributed by atoms with Crippen LogP contribution in [0.3, 0.4) is 0 Å². The summed E-state index contributed by atoms with van der Waals surface area (Å²) in [5.41, 5.74) is 0.987. The largest absolute Gasteiger partial charge is 0.480 e. The van der Waals surface area contributed by atoms with Crippen LogP contribution in [0.15, 0.2) is 36.5 Å². The quantitative estimate of drug-likeness (QED) is 0.886. The molecule has 1 fully saturated rings. The molecule has 0 aliphatic heterocycles. The van der Waals surface area contributed by atoms with E-state index in [9.17, 15) is 9.59 Å². The average Bonchev–Trinajstić information content (AvgIpc) is 3.14. The van der Waals surface area contributed by atoms with Gasteiger partial charge in [0.15, 0.2) is 5.82 Å². The second-order valence-corrected chi connectivity index (χ2v) is 5.66. The van der Waals surface area contributed by atoms with Gasteiger partial charge in [-0.2, -0.15) is 5.10 Å². The Labute approximate surface area is 131 Å². The summed E-state index contributed by atoms with van der Waals surface area (Å²) in [6.07, 6.45) is 2.27. The first kappa shape index (κ1) is 14.6. The summed E-state index contributed by atoms with van der Waals surface area (Å²) in [7, 11) is 0. The molecule has 0 saturated heterocycles. The highest BCUT2D eigenvalue weighted by Crippen LogP contribution is 2.49. The van der Waals surface area contributed by atoms with Crippen molar-refractivity contribution in [2.24, 2.45) is 5.92 Å². The molecule has 1 saturated carbocycles. The van der Waals surface area contributed by atoms with Crippen LogP contribution < -0.4 is 5.32 Å². The number of aliphatic carboxylic acids is 1. The molecule has 3 rings (SSSR count). The van der Waals surface area contributed by atoms with Gasteiger partial charge in [-0.15, -0.1) is 0 Å². The number of carbonyl (C=O) groups is 2. The monoisotopic (exact) mass is 319 g/mol. The third-order valence-corrected chi connectivity index (χ3v) is 3.97. The first-order valence-electron chi connectivity index (χ1n) is 6.85. The summed E-state index contributed by atoms with van der Waals surface area (Å²) in [6, 6.07) is 9.09. The molecule has 1 aliphatic carbocycles. The Hall–Kier alpha value is -2.34. The van der Waals surface area contributed by atoms with Crippen molar-refractivity contribution in [3.63, 3.8) is 0 Å². The fraction of sp³-hybridized carbons (Fsp3) is 0.267. The summed E-state index contributed by atoms with van der Waals surface area (Å²) >= 11 is 6.14.